The lowest BCUT2D eigenvalue weighted by molar-refractivity contribution is 0.139. The molecule has 0 unspecified atom stereocenters. The van der Waals surface area contributed by atoms with Crippen molar-refractivity contribution in [2.24, 2.45) is 0 Å². The third kappa shape index (κ3) is 8.15. The van der Waals surface area contributed by atoms with Crippen molar-refractivity contribution in [2.75, 3.05) is 12.3 Å². The highest BCUT2D eigenvalue weighted by Gasteiger charge is 2.06. The van der Waals surface area contributed by atoms with Crippen LogP contribution < -0.4 is 5.32 Å². The van der Waals surface area contributed by atoms with Crippen LogP contribution in [0.1, 0.15) is 18.4 Å². The summed E-state index contributed by atoms with van der Waals surface area (Å²) in [6.07, 6.45) is -0.0338. The molecule has 0 atom stereocenters. The van der Waals surface area contributed by atoms with E-state index in [9.17, 15) is 17.1 Å². The summed E-state index contributed by atoms with van der Waals surface area (Å²) in [5, 5.41) is 2.46. The normalized spacial score (nSPS) is 11.0. The zero-order valence-electron chi connectivity index (χ0n) is 10.3. The summed E-state index contributed by atoms with van der Waals surface area (Å²) in [6, 6.07) is 9.21. The second kappa shape index (κ2) is 7.73. The Bertz CT molecular complexity index is 490. The van der Waals surface area contributed by atoms with Crippen molar-refractivity contribution in [3.63, 3.8) is 0 Å². The van der Waals surface area contributed by atoms with Crippen LogP contribution in [0.3, 0.4) is 0 Å². The maximum atomic E-state index is 12.1. The van der Waals surface area contributed by atoms with Crippen LogP contribution in [-0.4, -0.2) is 26.8 Å². The van der Waals surface area contributed by atoms with Crippen molar-refractivity contribution >= 4 is 16.3 Å². The molecular formula is C12H16FNO4S. The van der Waals surface area contributed by atoms with E-state index in [2.05, 4.69) is 5.32 Å². The molecule has 19 heavy (non-hydrogen) atoms. The number of nitrogens with one attached hydrogen (secondary N) is 1. The van der Waals surface area contributed by atoms with E-state index < -0.39 is 22.1 Å². The topological polar surface area (TPSA) is 72.5 Å². The van der Waals surface area contributed by atoms with Gasteiger partial charge in [0.25, 0.3) is 0 Å². The van der Waals surface area contributed by atoms with Gasteiger partial charge in [0.2, 0.25) is 0 Å². The Hall–Kier alpha value is -1.63. The predicted molar refractivity (Wildman–Crippen MR) is 68.8 cm³/mol. The number of hydrogen-bond donors (Lipinski definition) is 1. The standard InChI is InChI=1S/C12H16FNO4S/c13-19(16,17)9-5-4-8-14-12(15)18-10-11-6-2-1-3-7-11/h1-3,6-7H,4-5,8-10H2,(H,14,15). The van der Waals surface area contributed by atoms with Crippen molar-refractivity contribution in [2.45, 2.75) is 19.4 Å². The van der Waals surface area contributed by atoms with Gasteiger partial charge in [0.05, 0.1) is 5.75 Å². The number of rotatable bonds is 7. The Morgan fingerprint density at radius 3 is 2.53 bits per heavy atom. The second-order valence-electron chi connectivity index (χ2n) is 3.94. The third-order valence-corrected chi connectivity index (χ3v) is 3.07. The Morgan fingerprint density at radius 1 is 1.21 bits per heavy atom. The lowest BCUT2D eigenvalue weighted by atomic mass is 10.2. The maximum Gasteiger partial charge on any atom is 0.407 e. The van der Waals surface area contributed by atoms with Gasteiger partial charge < -0.3 is 10.1 Å². The summed E-state index contributed by atoms with van der Waals surface area (Å²) in [5.41, 5.74) is 0.876. The zero-order valence-corrected chi connectivity index (χ0v) is 11.2. The van der Waals surface area contributed by atoms with E-state index in [-0.39, 0.29) is 19.6 Å². The molecule has 1 N–H and O–H groups in total. The van der Waals surface area contributed by atoms with Crippen LogP contribution in [0.15, 0.2) is 30.3 Å². The number of ether oxygens (including phenoxy) is 1. The Kier molecular flexibility index (Phi) is 6.27. The van der Waals surface area contributed by atoms with Gasteiger partial charge in [-0.3, -0.25) is 0 Å². The van der Waals surface area contributed by atoms with E-state index in [0.29, 0.717) is 6.42 Å². The molecule has 1 aromatic carbocycles. The summed E-state index contributed by atoms with van der Waals surface area (Å²) in [7, 11) is -4.42. The summed E-state index contributed by atoms with van der Waals surface area (Å²) >= 11 is 0. The van der Waals surface area contributed by atoms with Gasteiger partial charge >= 0.3 is 16.3 Å². The first-order chi connectivity index (χ1) is 8.97. The van der Waals surface area contributed by atoms with Gasteiger partial charge in [0, 0.05) is 6.54 Å². The summed E-state index contributed by atoms with van der Waals surface area (Å²) in [5.74, 6) is -0.520. The quantitative estimate of drug-likeness (QED) is 0.615. The number of unbranched alkanes of at least 4 members (excludes halogenated alkanes) is 1. The largest absolute Gasteiger partial charge is 0.445 e. The molecule has 0 saturated carbocycles. The molecule has 1 rings (SSSR count). The SMILES string of the molecule is O=C(NCCCCS(=O)(=O)F)OCc1ccccc1. The van der Waals surface area contributed by atoms with Crippen molar-refractivity contribution in [1.82, 2.24) is 5.32 Å². The highest BCUT2D eigenvalue weighted by Crippen LogP contribution is 2.01. The molecule has 5 nitrogen and oxygen atoms in total. The van der Waals surface area contributed by atoms with Crippen LogP contribution in [0.5, 0.6) is 0 Å². The third-order valence-electron chi connectivity index (χ3n) is 2.30. The molecule has 0 aliphatic rings. The molecule has 0 saturated heterocycles. The highest BCUT2D eigenvalue weighted by molar-refractivity contribution is 7.86. The molecule has 1 aromatic rings. The van der Waals surface area contributed by atoms with Crippen LogP contribution in [-0.2, 0) is 21.6 Å². The molecule has 0 aliphatic heterocycles. The highest BCUT2D eigenvalue weighted by atomic mass is 32.3. The minimum Gasteiger partial charge on any atom is -0.445 e. The van der Waals surface area contributed by atoms with E-state index in [1.807, 2.05) is 30.3 Å². The van der Waals surface area contributed by atoms with Crippen LogP contribution in [0.25, 0.3) is 0 Å². The number of hydrogen-bond acceptors (Lipinski definition) is 4. The van der Waals surface area contributed by atoms with Crippen molar-refractivity contribution in [3.05, 3.63) is 35.9 Å². The fraction of sp³-hybridized carbons (Fsp3) is 0.417. The van der Waals surface area contributed by atoms with E-state index >= 15 is 0 Å². The van der Waals surface area contributed by atoms with Crippen LogP contribution in [0.4, 0.5) is 8.68 Å². The average molecular weight is 289 g/mol. The Balaban J connectivity index is 2.09. The van der Waals surface area contributed by atoms with E-state index in [1.165, 1.54) is 0 Å². The minimum atomic E-state index is -4.42. The molecule has 0 radical (unpaired) electrons. The van der Waals surface area contributed by atoms with Crippen LogP contribution in [0, 0.1) is 0 Å². The zero-order chi connectivity index (χ0) is 14.1. The molecule has 0 aliphatic carbocycles. The van der Waals surface area contributed by atoms with Crippen molar-refractivity contribution in [3.8, 4) is 0 Å². The molecule has 0 bridgehead atoms. The number of halogens is 1. The Morgan fingerprint density at radius 2 is 1.89 bits per heavy atom. The van der Waals surface area contributed by atoms with Crippen molar-refractivity contribution < 1.29 is 21.8 Å². The smallest absolute Gasteiger partial charge is 0.407 e. The Labute approximate surface area is 112 Å². The molecule has 7 heteroatoms. The van der Waals surface area contributed by atoms with Gasteiger partial charge in [0.1, 0.15) is 6.61 Å². The minimum absolute atomic E-state index is 0.164. The molecule has 0 fully saturated rings. The first-order valence-corrected chi connectivity index (χ1v) is 7.39. The van der Waals surface area contributed by atoms with Gasteiger partial charge in [-0.15, -0.1) is 3.89 Å². The van der Waals surface area contributed by atoms with E-state index in [0.717, 1.165) is 5.56 Å². The molecule has 0 aromatic heterocycles. The van der Waals surface area contributed by atoms with Gasteiger partial charge in [-0.2, -0.15) is 8.42 Å². The van der Waals surface area contributed by atoms with E-state index in [1.54, 1.807) is 0 Å². The fourth-order valence-corrected chi connectivity index (χ4v) is 1.91. The average Bonchev–Trinajstić information content (AvgIpc) is 2.36. The monoisotopic (exact) mass is 289 g/mol. The number of alkyl carbamates (subject to hydrolysis) is 1. The number of carbonyl (C=O) groups excluding carboxylic acids is 1. The van der Waals surface area contributed by atoms with Crippen LogP contribution >= 0.6 is 0 Å². The number of amides is 1. The lowest BCUT2D eigenvalue weighted by Crippen LogP contribution is -2.25. The second-order valence-corrected chi connectivity index (χ2v) is 5.42. The fourth-order valence-electron chi connectivity index (χ4n) is 1.36. The summed E-state index contributed by atoms with van der Waals surface area (Å²) < 4.78 is 37.5. The lowest BCUT2D eigenvalue weighted by Gasteiger charge is -2.06. The first-order valence-electron chi connectivity index (χ1n) is 5.84. The van der Waals surface area contributed by atoms with Gasteiger partial charge in [-0.05, 0) is 18.4 Å². The van der Waals surface area contributed by atoms with Gasteiger partial charge in [0.15, 0.2) is 0 Å². The molecular weight excluding hydrogens is 273 g/mol. The molecule has 106 valence electrons. The molecule has 0 heterocycles. The predicted octanol–water partition coefficient (Wildman–Crippen LogP) is 1.99. The molecule has 1 amide bonds. The summed E-state index contributed by atoms with van der Waals surface area (Å²) in [4.78, 5) is 11.3. The van der Waals surface area contributed by atoms with E-state index in [4.69, 9.17) is 4.74 Å². The summed E-state index contributed by atoms with van der Waals surface area (Å²) in [6.45, 7) is 0.425. The van der Waals surface area contributed by atoms with Crippen LogP contribution in [0.2, 0.25) is 0 Å². The maximum absolute atomic E-state index is 12.1. The number of carbonyl (C=O) groups is 1. The van der Waals surface area contributed by atoms with Gasteiger partial charge in [-0.25, -0.2) is 4.79 Å². The first kappa shape index (κ1) is 15.4. The van der Waals surface area contributed by atoms with Crippen molar-refractivity contribution in [1.29, 1.82) is 0 Å². The molecule has 0 spiro atoms. The number of benzene rings is 1. The van der Waals surface area contributed by atoms with Gasteiger partial charge in [-0.1, -0.05) is 30.3 Å².